The Morgan fingerprint density at radius 1 is 1.30 bits per heavy atom. The normalized spacial score (nSPS) is 10.3. The Morgan fingerprint density at radius 2 is 2.05 bits per heavy atom. The third-order valence-corrected chi connectivity index (χ3v) is 2.91. The number of carbonyl (C=O) groups is 1. The van der Waals surface area contributed by atoms with Gasteiger partial charge in [0.1, 0.15) is 11.6 Å². The fraction of sp³-hybridized carbons (Fsp3) is 0.133. The first-order valence-electron chi connectivity index (χ1n) is 6.10. The summed E-state index contributed by atoms with van der Waals surface area (Å²) >= 11 is 0. The van der Waals surface area contributed by atoms with Crippen LogP contribution in [0.4, 0.5) is 10.1 Å². The Hall–Kier alpha value is -2.40. The van der Waals surface area contributed by atoms with E-state index >= 15 is 0 Å². The molecule has 0 saturated heterocycles. The summed E-state index contributed by atoms with van der Waals surface area (Å²) in [5, 5.41) is 12.1. The minimum Gasteiger partial charge on any atom is -0.507 e. The van der Waals surface area contributed by atoms with Crippen molar-refractivity contribution in [1.29, 1.82) is 0 Å². The number of aromatic hydroxyl groups is 1. The number of anilines is 1. The lowest BCUT2D eigenvalue weighted by atomic mass is 10.1. The van der Waals surface area contributed by atoms with Gasteiger partial charge in [-0.15, -0.1) is 0 Å². The lowest BCUT2D eigenvalue weighted by Crippen LogP contribution is -2.13. The second-order valence-corrected chi connectivity index (χ2v) is 4.49. The van der Waals surface area contributed by atoms with E-state index in [2.05, 4.69) is 5.32 Å². The number of hydrogen-bond donors (Lipinski definition) is 3. The van der Waals surface area contributed by atoms with E-state index in [1.54, 1.807) is 19.1 Å². The molecule has 2 aromatic rings. The maximum atomic E-state index is 13.8. The van der Waals surface area contributed by atoms with Gasteiger partial charge in [-0.25, -0.2) is 4.39 Å². The molecular formula is C15H15FN2O2. The van der Waals surface area contributed by atoms with Crippen LogP contribution in [0.1, 0.15) is 21.5 Å². The van der Waals surface area contributed by atoms with Crippen LogP contribution in [0, 0.1) is 12.7 Å². The molecule has 0 aliphatic heterocycles. The Kier molecular flexibility index (Phi) is 4.00. The topological polar surface area (TPSA) is 75.3 Å². The van der Waals surface area contributed by atoms with E-state index in [-0.39, 0.29) is 23.5 Å². The number of aryl methyl sites for hydroxylation is 1. The lowest BCUT2D eigenvalue weighted by Gasteiger charge is -2.09. The molecule has 0 atom stereocenters. The molecule has 2 aromatic carbocycles. The summed E-state index contributed by atoms with van der Waals surface area (Å²) in [5.74, 6) is -1.27. The fourth-order valence-electron chi connectivity index (χ4n) is 1.81. The van der Waals surface area contributed by atoms with Gasteiger partial charge in [0.05, 0.1) is 11.3 Å². The highest BCUT2D eigenvalue weighted by Crippen LogP contribution is 2.21. The summed E-state index contributed by atoms with van der Waals surface area (Å²) in [5.41, 5.74) is 7.03. The van der Waals surface area contributed by atoms with Crippen LogP contribution >= 0.6 is 0 Å². The van der Waals surface area contributed by atoms with Crippen LogP contribution in [0.2, 0.25) is 0 Å². The molecule has 0 bridgehead atoms. The average molecular weight is 274 g/mol. The van der Waals surface area contributed by atoms with E-state index in [0.717, 1.165) is 5.56 Å². The van der Waals surface area contributed by atoms with Gasteiger partial charge in [-0.1, -0.05) is 17.7 Å². The highest BCUT2D eigenvalue weighted by Gasteiger charge is 2.13. The fourth-order valence-corrected chi connectivity index (χ4v) is 1.81. The van der Waals surface area contributed by atoms with Gasteiger partial charge < -0.3 is 16.2 Å². The van der Waals surface area contributed by atoms with E-state index in [9.17, 15) is 14.3 Å². The number of benzene rings is 2. The molecular weight excluding hydrogens is 259 g/mol. The summed E-state index contributed by atoms with van der Waals surface area (Å²) in [6.45, 7) is 2.02. The van der Waals surface area contributed by atoms with Crippen molar-refractivity contribution in [3.63, 3.8) is 0 Å². The molecule has 104 valence electrons. The van der Waals surface area contributed by atoms with E-state index in [0.29, 0.717) is 5.56 Å². The second kappa shape index (κ2) is 5.71. The number of nitrogens with one attached hydrogen (secondary N) is 1. The van der Waals surface area contributed by atoms with Gasteiger partial charge in [0.25, 0.3) is 5.91 Å². The second-order valence-electron chi connectivity index (χ2n) is 4.49. The Morgan fingerprint density at radius 3 is 2.70 bits per heavy atom. The average Bonchev–Trinajstić information content (AvgIpc) is 2.43. The molecule has 0 aliphatic carbocycles. The van der Waals surface area contributed by atoms with Crippen LogP contribution in [-0.2, 0) is 6.54 Å². The molecule has 1 amide bonds. The first-order chi connectivity index (χ1) is 9.51. The first kappa shape index (κ1) is 14.0. The molecule has 0 unspecified atom stereocenters. The molecule has 2 rings (SSSR count). The molecule has 0 fully saturated rings. The van der Waals surface area contributed by atoms with Gasteiger partial charge in [-0.05, 0) is 36.8 Å². The summed E-state index contributed by atoms with van der Waals surface area (Å²) < 4.78 is 13.8. The molecule has 0 saturated carbocycles. The molecule has 0 aliphatic rings. The first-order valence-corrected chi connectivity index (χ1v) is 6.10. The van der Waals surface area contributed by atoms with Crippen molar-refractivity contribution in [1.82, 2.24) is 0 Å². The number of halogens is 1. The molecule has 0 aromatic heterocycles. The molecule has 20 heavy (non-hydrogen) atoms. The van der Waals surface area contributed by atoms with Gasteiger partial charge in [-0.2, -0.15) is 0 Å². The zero-order chi connectivity index (χ0) is 14.7. The summed E-state index contributed by atoms with van der Waals surface area (Å²) in [6, 6.07) is 9.00. The van der Waals surface area contributed by atoms with E-state index in [1.165, 1.54) is 24.3 Å². The van der Waals surface area contributed by atoms with Crippen molar-refractivity contribution in [3.05, 3.63) is 58.9 Å². The van der Waals surface area contributed by atoms with E-state index in [1.807, 2.05) is 0 Å². The van der Waals surface area contributed by atoms with Crippen molar-refractivity contribution < 1.29 is 14.3 Å². The van der Waals surface area contributed by atoms with Gasteiger partial charge in [-0.3, -0.25) is 4.79 Å². The Bertz CT molecular complexity index is 656. The number of amides is 1. The molecule has 4 N–H and O–H groups in total. The molecule has 4 nitrogen and oxygen atoms in total. The van der Waals surface area contributed by atoms with Crippen LogP contribution in [0.3, 0.4) is 0 Å². The van der Waals surface area contributed by atoms with E-state index in [4.69, 9.17) is 5.73 Å². The number of hydrogen-bond acceptors (Lipinski definition) is 3. The standard InChI is InChI=1S/C15H15FN2O2/c1-9-2-5-14(19)11(6-9)15(20)18-13-4-3-10(8-17)7-12(13)16/h2-7,19H,8,17H2,1H3,(H,18,20). The quantitative estimate of drug-likeness (QED) is 0.805. The van der Waals surface area contributed by atoms with Gasteiger partial charge in [0.15, 0.2) is 0 Å². The van der Waals surface area contributed by atoms with Gasteiger partial charge >= 0.3 is 0 Å². The highest BCUT2D eigenvalue weighted by atomic mass is 19.1. The Balaban J connectivity index is 2.25. The predicted octanol–water partition coefficient (Wildman–Crippen LogP) is 2.55. The smallest absolute Gasteiger partial charge is 0.259 e. The zero-order valence-electron chi connectivity index (χ0n) is 11.0. The summed E-state index contributed by atoms with van der Waals surface area (Å²) in [7, 11) is 0. The van der Waals surface area contributed by atoms with Crippen molar-refractivity contribution in [2.45, 2.75) is 13.5 Å². The van der Waals surface area contributed by atoms with E-state index < -0.39 is 11.7 Å². The Labute approximate surface area is 116 Å². The number of phenolic OH excluding ortho intramolecular Hbond substituents is 1. The molecule has 0 heterocycles. The van der Waals surface area contributed by atoms with Crippen LogP contribution in [-0.4, -0.2) is 11.0 Å². The maximum absolute atomic E-state index is 13.8. The molecule has 5 heteroatoms. The third kappa shape index (κ3) is 2.95. The third-order valence-electron chi connectivity index (χ3n) is 2.91. The van der Waals surface area contributed by atoms with Gasteiger partial charge in [0.2, 0.25) is 0 Å². The number of phenols is 1. The zero-order valence-corrected chi connectivity index (χ0v) is 11.0. The van der Waals surface area contributed by atoms with Crippen molar-refractivity contribution in [2.24, 2.45) is 5.73 Å². The number of nitrogens with two attached hydrogens (primary N) is 1. The number of carbonyl (C=O) groups excluding carboxylic acids is 1. The minimum absolute atomic E-state index is 0.0492. The van der Waals surface area contributed by atoms with Crippen LogP contribution < -0.4 is 11.1 Å². The predicted molar refractivity (Wildman–Crippen MR) is 75.1 cm³/mol. The largest absolute Gasteiger partial charge is 0.507 e. The van der Waals surface area contributed by atoms with Crippen LogP contribution in [0.25, 0.3) is 0 Å². The monoisotopic (exact) mass is 274 g/mol. The number of rotatable bonds is 3. The maximum Gasteiger partial charge on any atom is 0.259 e. The minimum atomic E-state index is -0.564. The van der Waals surface area contributed by atoms with Gasteiger partial charge in [0, 0.05) is 6.54 Å². The van der Waals surface area contributed by atoms with Crippen molar-refractivity contribution in [3.8, 4) is 5.75 Å². The highest BCUT2D eigenvalue weighted by molar-refractivity contribution is 6.06. The summed E-state index contributed by atoms with van der Waals surface area (Å²) in [6.07, 6.45) is 0. The molecule has 0 spiro atoms. The lowest BCUT2D eigenvalue weighted by molar-refractivity contribution is 0.102. The molecule has 0 radical (unpaired) electrons. The van der Waals surface area contributed by atoms with Crippen LogP contribution in [0.5, 0.6) is 5.75 Å². The summed E-state index contributed by atoms with van der Waals surface area (Å²) in [4.78, 5) is 12.0. The SMILES string of the molecule is Cc1ccc(O)c(C(=O)Nc2ccc(CN)cc2F)c1. The van der Waals surface area contributed by atoms with Crippen LogP contribution in [0.15, 0.2) is 36.4 Å². The van der Waals surface area contributed by atoms with Crippen molar-refractivity contribution in [2.75, 3.05) is 5.32 Å². The van der Waals surface area contributed by atoms with Crippen molar-refractivity contribution >= 4 is 11.6 Å².